The van der Waals surface area contributed by atoms with Crippen molar-refractivity contribution in [3.8, 4) is 0 Å². The molecule has 0 aliphatic carbocycles. The molecule has 0 aliphatic rings. The van der Waals surface area contributed by atoms with Crippen molar-refractivity contribution in [2.45, 2.75) is 53.1 Å². The summed E-state index contributed by atoms with van der Waals surface area (Å²) in [6.45, 7) is 10.8. The lowest BCUT2D eigenvalue weighted by molar-refractivity contribution is -0.150. The van der Waals surface area contributed by atoms with Crippen molar-refractivity contribution in [3.05, 3.63) is 58.9 Å². The maximum absolute atomic E-state index is 13.2. The molecule has 0 bridgehead atoms. The largest absolute Gasteiger partial charge is 0.467 e. The van der Waals surface area contributed by atoms with E-state index in [-0.39, 0.29) is 17.6 Å². The van der Waals surface area contributed by atoms with Crippen LogP contribution in [0.5, 0.6) is 0 Å². The second-order valence-corrected chi connectivity index (χ2v) is 8.14. The van der Waals surface area contributed by atoms with E-state index in [1.165, 1.54) is 7.11 Å². The number of carbonyl (C=O) groups is 3. The van der Waals surface area contributed by atoms with Crippen molar-refractivity contribution in [1.29, 1.82) is 0 Å². The number of nitrogens with zero attached hydrogens (tertiary/aromatic N) is 1. The summed E-state index contributed by atoms with van der Waals surface area (Å²) in [5.74, 6) is -0.958. The Morgan fingerprint density at radius 1 is 1.07 bits per heavy atom. The maximum Gasteiger partial charge on any atom is 0.330 e. The number of rotatable bonds is 7. The van der Waals surface area contributed by atoms with Crippen molar-refractivity contribution in [2.75, 3.05) is 7.11 Å². The summed E-state index contributed by atoms with van der Waals surface area (Å²) < 4.78 is 6.67. The lowest BCUT2D eigenvalue weighted by atomic mass is 9.99. The Bertz CT molecular complexity index is 910. The molecule has 2 rings (SSSR count). The van der Waals surface area contributed by atoms with Gasteiger partial charge in [-0.15, -0.1) is 0 Å². The first-order chi connectivity index (χ1) is 13.5. The first-order valence-corrected chi connectivity index (χ1v) is 9.69. The topological polar surface area (TPSA) is 77.4 Å². The summed E-state index contributed by atoms with van der Waals surface area (Å²) in [5.41, 5.74) is 1.55. The fourth-order valence-electron chi connectivity index (χ4n) is 3.59. The van der Waals surface area contributed by atoms with Crippen LogP contribution in [-0.2, 0) is 14.3 Å². The summed E-state index contributed by atoms with van der Waals surface area (Å²) in [6.07, 6.45) is 0. The zero-order valence-electron chi connectivity index (χ0n) is 18.2. The third-order valence-corrected chi connectivity index (χ3v) is 5.07. The van der Waals surface area contributed by atoms with E-state index in [1.54, 1.807) is 26.0 Å². The molecule has 0 spiro atoms. The maximum atomic E-state index is 13.2. The van der Waals surface area contributed by atoms with E-state index in [1.807, 2.05) is 56.5 Å². The van der Waals surface area contributed by atoms with Crippen LogP contribution in [0, 0.1) is 19.8 Å². The number of hydrogen-bond acceptors (Lipinski definition) is 4. The van der Waals surface area contributed by atoms with Crippen molar-refractivity contribution in [3.63, 3.8) is 0 Å². The van der Waals surface area contributed by atoms with Gasteiger partial charge in [-0.3, -0.25) is 9.59 Å². The zero-order chi connectivity index (χ0) is 21.9. The number of methoxy groups -OCH3 is 1. The highest BCUT2D eigenvalue weighted by Gasteiger charge is 2.36. The fraction of sp³-hybridized carbons (Fsp3) is 0.435. The summed E-state index contributed by atoms with van der Waals surface area (Å²) >= 11 is 0. The normalized spacial score (nSPS) is 12.6. The molecular formula is C23H30N2O4. The van der Waals surface area contributed by atoms with Gasteiger partial charge in [0.1, 0.15) is 11.6 Å². The molecule has 1 aromatic carbocycles. The molecule has 0 radical (unpaired) electrons. The fourth-order valence-corrected chi connectivity index (χ4v) is 3.59. The van der Waals surface area contributed by atoms with E-state index >= 15 is 0 Å². The molecule has 1 amide bonds. The average Bonchev–Trinajstić information content (AvgIpc) is 2.95. The van der Waals surface area contributed by atoms with Crippen molar-refractivity contribution < 1.29 is 19.1 Å². The van der Waals surface area contributed by atoms with Crippen LogP contribution in [0.4, 0.5) is 0 Å². The number of esters is 1. The lowest BCUT2D eigenvalue weighted by Crippen LogP contribution is -2.53. The van der Waals surface area contributed by atoms with Gasteiger partial charge in [-0.25, -0.2) is 4.79 Å². The van der Waals surface area contributed by atoms with Crippen molar-refractivity contribution >= 4 is 17.7 Å². The first-order valence-electron chi connectivity index (χ1n) is 9.69. The SMILES string of the molecule is COC(=O)C(C)(C)NC(=O)C(C(C)C)n1c(C)cc(C(=O)c2ccccc2)c1C. The molecular weight excluding hydrogens is 368 g/mol. The van der Waals surface area contributed by atoms with Crippen LogP contribution in [0.25, 0.3) is 0 Å². The van der Waals surface area contributed by atoms with Gasteiger partial charge < -0.3 is 14.6 Å². The van der Waals surface area contributed by atoms with Crippen LogP contribution in [0.1, 0.15) is 61.0 Å². The second kappa shape index (κ2) is 8.64. The summed E-state index contributed by atoms with van der Waals surface area (Å²) in [4.78, 5) is 38.1. The highest BCUT2D eigenvalue weighted by atomic mass is 16.5. The van der Waals surface area contributed by atoms with Gasteiger partial charge in [0.2, 0.25) is 5.91 Å². The van der Waals surface area contributed by atoms with Gasteiger partial charge >= 0.3 is 5.97 Å². The number of benzene rings is 1. The highest BCUT2D eigenvalue weighted by Crippen LogP contribution is 2.28. The Morgan fingerprint density at radius 3 is 2.17 bits per heavy atom. The Kier molecular flexibility index (Phi) is 6.67. The number of hydrogen-bond donors (Lipinski definition) is 1. The minimum absolute atomic E-state index is 0.0621. The van der Waals surface area contributed by atoms with E-state index in [4.69, 9.17) is 4.74 Å². The molecule has 6 heteroatoms. The number of aromatic nitrogens is 1. The molecule has 1 atom stereocenters. The van der Waals surface area contributed by atoms with Gasteiger partial charge in [0.25, 0.3) is 0 Å². The van der Waals surface area contributed by atoms with E-state index in [9.17, 15) is 14.4 Å². The van der Waals surface area contributed by atoms with E-state index in [0.29, 0.717) is 11.1 Å². The summed E-state index contributed by atoms with van der Waals surface area (Å²) in [5, 5.41) is 2.79. The number of amides is 1. The zero-order valence-corrected chi connectivity index (χ0v) is 18.2. The van der Waals surface area contributed by atoms with Gasteiger partial charge in [0.15, 0.2) is 5.78 Å². The molecule has 0 saturated heterocycles. The van der Waals surface area contributed by atoms with Crippen LogP contribution < -0.4 is 5.32 Å². The Balaban J connectivity index is 2.44. The minimum Gasteiger partial charge on any atom is -0.467 e. The van der Waals surface area contributed by atoms with Gasteiger partial charge in [0.05, 0.1) is 7.11 Å². The molecule has 2 aromatic rings. The number of ketones is 1. The second-order valence-electron chi connectivity index (χ2n) is 8.14. The van der Waals surface area contributed by atoms with Gasteiger partial charge in [0, 0.05) is 22.5 Å². The molecule has 6 nitrogen and oxygen atoms in total. The monoisotopic (exact) mass is 398 g/mol. The van der Waals surface area contributed by atoms with E-state index in [0.717, 1.165) is 11.4 Å². The van der Waals surface area contributed by atoms with Gasteiger partial charge in [-0.2, -0.15) is 0 Å². The minimum atomic E-state index is -1.16. The molecule has 0 saturated carbocycles. The van der Waals surface area contributed by atoms with E-state index in [2.05, 4.69) is 5.32 Å². The first kappa shape index (κ1) is 22.4. The van der Waals surface area contributed by atoms with Crippen LogP contribution in [0.3, 0.4) is 0 Å². The van der Waals surface area contributed by atoms with Crippen LogP contribution in [-0.4, -0.2) is 34.9 Å². The van der Waals surface area contributed by atoms with Crippen molar-refractivity contribution in [1.82, 2.24) is 9.88 Å². The molecule has 1 N–H and O–H groups in total. The Morgan fingerprint density at radius 2 is 1.66 bits per heavy atom. The predicted octanol–water partition coefficient (Wildman–Crippen LogP) is 3.60. The molecule has 1 heterocycles. The van der Waals surface area contributed by atoms with E-state index < -0.39 is 17.6 Å². The standard InChI is InChI=1S/C23H30N2O4/c1-14(2)19(21(27)24-23(5,6)22(28)29-7)25-15(3)13-18(16(25)4)20(26)17-11-9-8-10-12-17/h8-14,19H,1-7H3,(H,24,27). The van der Waals surface area contributed by atoms with Crippen molar-refractivity contribution in [2.24, 2.45) is 5.92 Å². The van der Waals surface area contributed by atoms with Crippen LogP contribution >= 0.6 is 0 Å². The van der Waals surface area contributed by atoms with Gasteiger partial charge in [-0.1, -0.05) is 44.2 Å². The third-order valence-electron chi connectivity index (χ3n) is 5.07. The molecule has 29 heavy (non-hydrogen) atoms. The molecule has 156 valence electrons. The Hall–Kier alpha value is -2.89. The van der Waals surface area contributed by atoms with Crippen LogP contribution in [0.15, 0.2) is 36.4 Å². The smallest absolute Gasteiger partial charge is 0.330 e. The predicted molar refractivity (Wildman–Crippen MR) is 112 cm³/mol. The van der Waals surface area contributed by atoms with Crippen LogP contribution in [0.2, 0.25) is 0 Å². The summed E-state index contributed by atoms with van der Waals surface area (Å²) in [6, 6.07) is 10.3. The van der Waals surface area contributed by atoms with Gasteiger partial charge in [-0.05, 0) is 39.7 Å². The third kappa shape index (κ3) is 4.58. The average molecular weight is 399 g/mol. The number of aryl methyl sites for hydroxylation is 1. The quantitative estimate of drug-likeness (QED) is 0.571. The Labute approximate surface area is 172 Å². The lowest BCUT2D eigenvalue weighted by Gasteiger charge is -2.30. The molecule has 1 unspecified atom stereocenters. The number of nitrogens with one attached hydrogen (secondary N) is 1. The number of carbonyl (C=O) groups excluding carboxylic acids is 3. The molecule has 0 aliphatic heterocycles. The summed E-state index contributed by atoms with van der Waals surface area (Å²) in [7, 11) is 1.29. The highest BCUT2D eigenvalue weighted by molar-refractivity contribution is 6.10. The molecule has 0 fully saturated rings. The molecule has 1 aromatic heterocycles. The number of ether oxygens (including phenoxy) is 1.